The molecule has 0 aromatic heterocycles. The maximum atomic E-state index is 13.0. The number of hydrogen-bond donors (Lipinski definition) is 2. The van der Waals surface area contributed by atoms with Gasteiger partial charge < -0.3 is 16.0 Å². The first-order valence-corrected chi connectivity index (χ1v) is 9.50. The first-order valence-electron chi connectivity index (χ1n) is 9.50. The molecule has 0 aliphatic carbocycles. The standard InChI is InChI=1S/C22H27N3O2.ClH/c1-15(16(2)23)21(26)24-19-12-10-18(11-13-19)22(27)25-14-6-9-20(25)17-7-4-3-5-8-17;/h3-5,7-8,10-13,15-16,20H,6,9,14,23H2,1-2H3,(H,24,26);1H. The van der Waals surface area contributed by atoms with E-state index in [9.17, 15) is 9.59 Å². The van der Waals surface area contributed by atoms with Gasteiger partial charge in [0.2, 0.25) is 5.91 Å². The second-order valence-electron chi connectivity index (χ2n) is 7.28. The van der Waals surface area contributed by atoms with E-state index in [0.717, 1.165) is 19.4 Å². The van der Waals surface area contributed by atoms with Crippen LogP contribution in [0.25, 0.3) is 0 Å². The number of likely N-dealkylation sites (tertiary alicyclic amines) is 1. The van der Waals surface area contributed by atoms with Crippen LogP contribution in [0.4, 0.5) is 5.69 Å². The summed E-state index contributed by atoms with van der Waals surface area (Å²) >= 11 is 0. The summed E-state index contributed by atoms with van der Waals surface area (Å²) < 4.78 is 0. The van der Waals surface area contributed by atoms with Gasteiger partial charge in [-0.15, -0.1) is 12.4 Å². The number of amides is 2. The molecule has 28 heavy (non-hydrogen) atoms. The van der Waals surface area contributed by atoms with Crippen LogP contribution < -0.4 is 11.1 Å². The third-order valence-electron chi connectivity index (χ3n) is 5.30. The van der Waals surface area contributed by atoms with E-state index in [-0.39, 0.29) is 42.2 Å². The molecule has 3 rings (SSSR count). The Morgan fingerprint density at radius 3 is 2.32 bits per heavy atom. The highest BCUT2D eigenvalue weighted by Crippen LogP contribution is 2.33. The minimum atomic E-state index is -0.275. The lowest BCUT2D eigenvalue weighted by atomic mass is 10.0. The van der Waals surface area contributed by atoms with Gasteiger partial charge in [-0.05, 0) is 49.6 Å². The van der Waals surface area contributed by atoms with Gasteiger partial charge in [0.25, 0.3) is 5.91 Å². The average Bonchev–Trinajstić information content (AvgIpc) is 3.17. The zero-order valence-electron chi connectivity index (χ0n) is 16.3. The molecule has 1 heterocycles. The second-order valence-corrected chi connectivity index (χ2v) is 7.28. The van der Waals surface area contributed by atoms with Gasteiger partial charge in [-0.25, -0.2) is 0 Å². The van der Waals surface area contributed by atoms with Gasteiger partial charge in [-0.3, -0.25) is 9.59 Å². The van der Waals surface area contributed by atoms with Crippen LogP contribution >= 0.6 is 12.4 Å². The number of benzene rings is 2. The quantitative estimate of drug-likeness (QED) is 0.794. The predicted octanol–water partition coefficient (Wildman–Crippen LogP) is 4.01. The van der Waals surface area contributed by atoms with E-state index < -0.39 is 0 Å². The lowest BCUT2D eigenvalue weighted by Crippen LogP contribution is -2.34. The zero-order chi connectivity index (χ0) is 19.4. The van der Waals surface area contributed by atoms with E-state index in [1.54, 1.807) is 31.2 Å². The summed E-state index contributed by atoms with van der Waals surface area (Å²) in [4.78, 5) is 27.0. The number of nitrogens with zero attached hydrogens (tertiary/aromatic N) is 1. The molecule has 2 amide bonds. The van der Waals surface area contributed by atoms with Gasteiger partial charge in [-0.2, -0.15) is 0 Å². The van der Waals surface area contributed by atoms with Crippen molar-refractivity contribution in [3.63, 3.8) is 0 Å². The summed E-state index contributed by atoms with van der Waals surface area (Å²) in [6, 6.07) is 17.2. The molecular weight excluding hydrogens is 374 g/mol. The molecule has 6 heteroatoms. The van der Waals surface area contributed by atoms with Crippen LogP contribution in [0.5, 0.6) is 0 Å². The highest BCUT2D eigenvalue weighted by molar-refractivity contribution is 5.96. The van der Waals surface area contributed by atoms with Crippen molar-refractivity contribution in [3.05, 3.63) is 65.7 Å². The van der Waals surface area contributed by atoms with E-state index in [0.29, 0.717) is 11.3 Å². The Hall–Kier alpha value is -2.37. The van der Waals surface area contributed by atoms with Crippen LogP contribution in [0.1, 0.15) is 48.7 Å². The Kier molecular flexibility index (Phi) is 7.61. The van der Waals surface area contributed by atoms with Crippen molar-refractivity contribution in [1.82, 2.24) is 4.90 Å². The number of carbonyl (C=O) groups excluding carboxylic acids is 2. The predicted molar refractivity (Wildman–Crippen MR) is 115 cm³/mol. The van der Waals surface area contributed by atoms with Crippen molar-refractivity contribution >= 4 is 29.9 Å². The minimum absolute atomic E-state index is 0. The summed E-state index contributed by atoms with van der Waals surface area (Å²) in [5.41, 5.74) is 8.26. The number of halogens is 1. The van der Waals surface area contributed by atoms with E-state index in [4.69, 9.17) is 5.73 Å². The number of anilines is 1. The topological polar surface area (TPSA) is 75.4 Å². The Balaban J connectivity index is 0.00000280. The molecule has 0 saturated carbocycles. The maximum absolute atomic E-state index is 13.0. The highest BCUT2D eigenvalue weighted by atomic mass is 35.5. The average molecular weight is 402 g/mol. The molecule has 150 valence electrons. The molecule has 1 fully saturated rings. The van der Waals surface area contributed by atoms with Crippen LogP contribution in [0.3, 0.4) is 0 Å². The Bertz CT molecular complexity index is 793. The van der Waals surface area contributed by atoms with Gasteiger partial charge in [0.05, 0.1) is 12.0 Å². The van der Waals surface area contributed by atoms with Gasteiger partial charge in [0.15, 0.2) is 0 Å². The molecule has 2 aromatic carbocycles. The van der Waals surface area contributed by atoms with E-state index in [1.807, 2.05) is 30.0 Å². The van der Waals surface area contributed by atoms with Crippen LogP contribution in [0, 0.1) is 5.92 Å². The SMILES string of the molecule is CC(N)C(C)C(=O)Nc1ccc(C(=O)N2CCCC2c2ccccc2)cc1.Cl. The Morgan fingerprint density at radius 2 is 1.71 bits per heavy atom. The van der Waals surface area contributed by atoms with E-state index >= 15 is 0 Å². The number of carbonyl (C=O) groups is 2. The van der Waals surface area contributed by atoms with Crippen LogP contribution in [-0.4, -0.2) is 29.3 Å². The van der Waals surface area contributed by atoms with Gasteiger partial charge >= 0.3 is 0 Å². The molecule has 1 saturated heterocycles. The largest absolute Gasteiger partial charge is 0.332 e. The Labute approximate surface area is 172 Å². The first-order chi connectivity index (χ1) is 13.0. The van der Waals surface area contributed by atoms with Crippen molar-refractivity contribution in [2.75, 3.05) is 11.9 Å². The zero-order valence-corrected chi connectivity index (χ0v) is 17.1. The van der Waals surface area contributed by atoms with Gasteiger partial charge in [0, 0.05) is 23.8 Å². The fourth-order valence-corrected chi connectivity index (χ4v) is 3.39. The molecular formula is C22H28ClN3O2. The van der Waals surface area contributed by atoms with Crippen molar-refractivity contribution < 1.29 is 9.59 Å². The van der Waals surface area contributed by atoms with Gasteiger partial charge in [0.1, 0.15) is 0 Å². The Morgan fingerprint density at radius 1 is 1.07 bits per heavy atom. The molecule has 0 bridgehead atoms. The summed E-state index contributed by atoms with van der Waals surface area (Å²) in [6.07, 6.45) is 1.99. The summed E-state index contributed by atoms with van der Waals surface area (Å²) in [5.74, 6) is -0.363. The second kappa shape index (κ2) is 9.71. The molecule has 1 aliphatic heterocycles. The number of hydrogen-bond acceptors (Lipinski definition) is 3. The van der Waals surface area contributed by atoms with Crippen LogP contribution in [-0.2, 0) is 4.79 Å². The molecule has 3 atom stereocenters. The molecule has 3 N–H and O–H groups in total. The van der Waals surface area contributed by atoms with Gasteiger partial charge in [-0.1, -0.05) is 37.3 Å². The van der Waals surface area contributed by atoms with Crippen molar-refractivity contribution in [1.29, 1.82) is 0 Å². The lowest BCUT2D eigenvalue weighted by molar-refractivity contribution is -0.119. The fourth-order valence-electron chi connectivity index (χ4n) is 3.39. The van der Waals surface area contributed by atoms with Crippen molar-refractivity contribution in [2.24, 2.45) is 11.7 Å². The molecule has 1 aliphatic rings. The summed E-state index contributed by atoms with van der Waals surface area (Å²) in [6.45, 7) is 4.38. The molecule has 0 spiro atoms. The molecule has 5 nitrogen and oxygen atoms in total. The minimum Gasteiger partial charge on any atom is -0.332 e. The van der Waals surface area contributed by atoms with Crippen LogP contribution in [0.2, 0.25) is 0 Å². The first kappa shape index (κ1) is 21.9. The smallest absolute Gasteiger partial charge is 0.254 e. The monoisotopic (exact) mass is 401 g/mol. The van der Waals surface area contributed by atoms with E-state index in [2.05, 4.69) is 17.4 Å². The third-order valence-corrected chi connectivity index (χ3v) is 5.30. The fraction of sp³-hybridized carbons (Fsp3) is 0.364. The highest BCUT2D eigenvalue weighted by Gasteiger charge is 2.30. The normalized spacial score (nSPS) is 18.1. The summed E-state index contributed by atoms with van der Waals surface area (Å²) in [7, 11) is 0. The lowest BCUT2D eigenvalue weighted by Gasteiger charge is -2.25. The third kappa shape index (κ3) is 4.91. The van der Waals surface area contributed by atoms with Crippen molar-refractivity contribution in [2.45, 2.75) is 38.8 Å². The van der Waals surface area contributed by atoms with Crippen molar-refractivity contribution in [3.8, 4) is 0 Å². The number of nitrogens with two attached hydrogens (primary N) is 1. The molecule has 3 unspecified atom stereocenters. The van der Waals surface area contributed by atoms with Crippen LogP contribution in [0.15, 0.2) is 54.6 Å². The maximum Gasteiger partial charge on any atom is 0.254 e. The number of rotatable bonds is 5. The summed E-state index contributed by atoms with van der Waals surface area (Å²) in [5, 5.41) is 2.85. The number of nitrogens with one attached hydrogen (secondary N) is 1. The molecule has 0 radical (unpaired) electrons. The van der Waals surface area contributed by atoms with E-state index in [1.165, 1.54) is 5.56 Å². The molecule has 2 aromatic rings.